The summed E-state index contributed by atoms with van der Waals surface area (Å²) in [7, 11) is 1.68. The van der Waals surface area contributed by atoms with E-state index in [9.17, 15) is 9.59 Å². The third kappa shape index (κ3) is 5.94. The van der Waals surface area contributed by atoms with Gasteiger partial charge in [-0.25, -0.2) is 0 Å². The Labute approximate surface area is 224 Å². The Morgan fingerprint density at radius 1 is 1.19 bits per heavy atom. The number of benzene rings is 1. The predicted octanol–water partition coefficient (Wildman–Crippen LogP) is 6.65. The summed E-state index contributed by atoms with van der Waals surface area (Å²) in [6, 6.07) is 8.79. The van der Waals surface area contributed by atoms with Crippen LogP contribution in [0.25, 0.3) is 5.57 Å². The van der Waals surface area contributed by atoms with E-state index in [0.717, 1.165) is 6.42 Å². The summed E-state index contributed by atoms with van der Waals surface area (Å²) in [5.74, 6) is -0.579. The van der Waals surface area contributed by atoms with Gasteiger partial charge in [-0.2, -0.15) is 0 Å². The molecule has 1 amide bonds. The first-order valence-electron chi connectivity index (χ1n) is 13.0. The molecule has 0 bridgehead atoms. The molecule has 2 N–H and O–H groups in total. The van der Waals surface area contributed by atoms with Gasteiger partial charge in [-0.15, -0.1) is 0 Å². The Morgan fingerprint density at radius 2 is 1.89 bits per heavy atom. The fraction of sp³-hybridized carbons (Fsp3) is 0.484. The van der Waals surface area contributed by atoms with Crippen LogP contribution in [-0.2, 0) is 14.3 Å². The first-order chi connectivity index (χ1) is 17.2. The van der Waals surface area contributed by atoms with Crippen molar-refractivity contribution in [2.24, 2.45) is 17.1 Å². The molecule has 0 heterocycles. The van der Waals surface area contributed by atoms with E-state index in [1.54, 1.807) is 7.11 Å². The van der Waals surface area contributed by atoms with Crippen LogP contribution in [0.5, 0.6) is 0 Å². The van der Waals surface area contributed by atoms with E-state index < -0.39 is 36.9 Å². The summed E-state index contributed by atoms with van der Waals surface area (Å²) in [6.45, 7) is 11.3. The zero-order chi connectivity index (χ0) is 26.5. The van der Waals surface area contributed by atoms with Crippen molar-refractivity contribution >= 4 is 37.1 Å². The fourth-order valence-electron chi connectivity index (χ4n) is 5.66. The molecule has 1 aromatic carbocycles. The summed E-state index contributed by atoms with van der Waals surface area (Å²) in [5.41, 5.74) is 9.99. The molecule has 0 saturated carbocycles. The molecular weight excluding hydrogens is 561 g/mol. The van der Waals surface area contributed by atoms with Crippen molar-refractivity contribution in [3.8, 4) is 0 Å². The molecular formula is C31H42INO3. The predicted molar refractivity (Wildman–Crippen MR) is 160 cm³/mol. The van der Waals surface area contributed by atoms with Gasteiger partial charge in [0.2, 0.25) is 0 Å². The number of methoxy groups -OCH3 is 1. The number of Topliss-reactive ketones (excluding diaryl/α,β-unsaturated/α-hetero) is 1. The van der Waals surface area contributed by atoms with Crippen LogP contribution in [0.2, 0.25) is 0 Å². The van der Waals surface area contributed by atoms with Gasteiger partial charge in [0.15, 0.2) is 0 Å². The average molecular weight is 604 g/mol. The molecule has 196 valence electrons. The molecule has 0 saturated heterocycles. The summed E-state index contributed by atoms with van der Waals surface area (Å²) >= 11 is -1.51. The van der Waals surface area contributed by atoms with E-state index in [4.69, 9.17) is 10.5 Å². The van der Waals surface area contributed by atoms with Gasteiger partial charge in [-0.1, -0.05) is 0 Å². The zero-order valence-electron chi connectivity index (χ0n) is 22.6. The molecule has 2 aliphatic rings. The van der Waals surface area contributed by atoms with Crippen LogP contribution in [0, 0.1) is 11.3 Å². The summed E-state index contributed by atoms with van der Waals surface area (Å²) in [6.07, 6.45) is 14.0. The normalized spacial score (nSPS) is 25.6. The Hall–Kier alpha value is -1.99. The van der Waals surface area contributed by atoms with Gasteiger partial charge in [-0.05, 0) is 0 Å². The van der Waals surface area contributed by atoms with Crippen LogP contribution in [0.4, 0.5) is 0 Å². The number of allylic oxidation sites excluding steroid dienone is 6. The molecule has 0 aromatic heterocycles. The number of hydrogen-bond acceptors (Lipinski definition) is 3. The maximum atomic E-state index is 12.7. The molecule has 4 nitrogen and oxygen atoms in total. The molecule has 36 heavy (non-hydrogen) atoms. The standard InChI is InChI=1S/C31H42INO3/c1-7-32(8-2)29(26-14-11-15-28(36-6)31(26,5)20-27(34)30(33)35)22(4)24-12-9-10-13-25(24)23-18-16-21(3)17-19-23/h9-16,18-19,21-22,28-29H,7-8,17,20H2,1-6H3,(H2,33,35). The second-order valence-corrected chi connectivity index (χ2v) is 17.3. The van der Waals surface area contributed by atoms with Crippen LogP contribution < -0.4 is 5.73 Å². The van der Waals surface area contributed by atoms with Gasteiger partial charge >= 0.3 is 225 Å². The van der Waals surface area contributed by atoms with Crippen molar-refractivity contribution in [3.05, 3.63) is 77.4 Å². The second-order valence-electron chi connectivity index (χ2n) is 10.1. The molecule has 1 aromatic rings. The zero-order valence-corrected chi connectivity index (χ0v) is 24.7. The van der Waals surface area contributed by atoms with Crippen molar-refractivity contribution in [1.29, 1.82) is 0 Å². The first kappa shape index (κ1) is 28.6. The Balaban J connectivity index is 2.14. The van der Waals surface area contributed by atoms with Crippen LogP contribution in [0.1, 0.15) is 64.5 Å². The van der Waals surface area contributed by atoms with Gasteiger partial charge in [-0.3, -0.25) is 0 Å². The van der Waals surface area contributed by atoms with E-state index in [-0.39, 0.29) is 18.4 Å². The third-order valence-electron chi connectivity index (χ3n) is 7.74. The molecule has 0 spiro atoms. The average Bonchev–Trinajstić information content (AvgIpc) is 2.87. The molecule has 5 atom stereocenters. The van der Waals surface area contributed by atoms with Crippen molar-refractivity contribution < 1.29 is 14.3 Å². The van der Waals surface area contributed by atoms with Crippen molar-refractivity contribution in [2.45, 2.75) is 63.4 Å². The van der Waals surface area contributed by atoms with Crippen LogP contribution in [0.15, 0.2) is 66.3 Å². The van der Waals surface area contributed by atoms with E-state index in [1.807, 2.05) is 6.08 Å². The van der Waals surface area contributed by atoms with Gasteiger partial charge < -0.3 is 0 Å². The first-order valence-corrected chi connectivity index (χ1v) is 17.3. The van der Waals surface area contributed by atoms with Gasteiger partial charge in [0, 0.05) is 0 Å². The minimum absolute atomic E-state index is 0.0606. The Kier molecular flexibility index (Phi) is 9.93. The number of rotatable bonds is 11. The van der Waals surface area contributed by atoms with Crippen LogP contribution >= 0.6 is 19.8 Å². The number of halogens is 1. The molecule has 5 unspecified atom stereocenters. The molecule has 0 aliphatic heterocycles. The number of ether oxygens (including phenoxy) is 1. The maximum absolute atomic E-state index is 12.7. The topological polar surface area (TPSA) is 69.4 Å². The number of carbonyl (C=O) groups is 2. The van der Waals surface area contributed by atoms with E-state index in [1.165, 1.54) is 31.1 Å². The third-order valence-corrected chi connectivity index (χ3v) is 15.3. The molecule has 0 radical (unpaired) electrons. The van der Waals surface area contributed by atoms with E-state index >= 15 is 0 Å². The van der Waals surface area contributed by atoms with Crippen molar-refractivity contribution in [2.75, 3.05) is 16.0 Å². The van der Waals surface area contributed by atoms with Gasteiger partial charge in [0.1, 0.15) is 0 Å². The van der Waals surface area contributed by atoms with E-state index in [2.05, 4.69) is 89.3 Å². The van der Waals surface area contributed by atoms with Gasteiger partial charge in [0.25, 0.3) is 0 Å². The monoisotopic (exact) mass is 603 g/mol. The van der Waals surface area contributed by atoms with Crippen LogP contribution in [0.3, 0.4) is 0 Å². The summed E-state index contributed by atoms with van der Waals surface area (Å²) in [4.78, 5) is 24.5. The molecule has 3 rings (SSSR count). The van der Waals surface area contributed by atoms with E-state index in [0.29, 0.717) is 9.84 Å². The molecule has 5 heteroatoms. The fourth-order valence-corrected chi connectivity index (χ4v) is 12.4. The number of carbonyl (C=O) groups excluding carboxylic acids is 2. The van der Waals surface area contributed by atoms with Crippen molar-refractivity contribution in [3.63, 3.8) is 0 Å². The number of nitrogens with two attached hydrogens (primary N) is 1. The molecule has 2 aliphatic carbocycles. The Morgan fingerprint density at radius 3 is 2.47 bits per heavy atom. The quantitative estimate of drug-likeness (QED) is 0.175. The second kappa shape index (κ2) is 12.5. The molecule has 0 fully saturated rings. The number of hydrogen-bond donors (Lipinski definition) is 1. The number of primary amides is 1. The van der Waals surface area contributed by atoms with Crippen molar-refractivity contribution in [1.82, 2.24) is 0 Å². The Bertz CT molecular complexity index is 1080. The number of ketones is 1. The summed E-state index contributed by atoms with van der Waals surface area (Å²) in [5, 5.41) is 0. The number of alkyl halides is 3. The minimum atomic E-state index is -1.51. The van der Waals surface area contributed by atoms with Crippen LogP contribution in [-0.4, -0.2) is 37.7 Å². The summed E-state index contributed by atoms with van der Waals surface area (Å²) < 4.78 is 8.57. The van der Waals surface area contributed by atoms with Gasteiger partial charge in [0.05, 0.1) is 0 Å². The SMILES string of the molecule is CCI(CC)C(C1=CC=CC(OC)C1(C)CC(=O)C(N)=O)C(C)c1ccccc1C1=CCC(C)C=C1. The number of amides is 1.